The number of aliphatic imine (C=N–C) groups is 2. The first-order chi connectivity index (χ1) is 68.5. The van der Waals surface area contributed by atoms with E-state index in [4.69, 9.17) is 42.7 Å². The number of imide groups is 4. The molecular weight excluding hydrogens is 1920 g/mol. The van der Waals surface area contributed by atoms with E-state index in [1.807, 2.05) is 47.2 Å². The maximum Gasteiger partial charge on any atom is 0.346 e. The number of piperidine rings is 2. The molecule has 41 heteroatoms. The van der Waals surface area contributed by atoms with Crippen molar-refractivity contribution in [1.82, 2.24) is 90.8 Å². The minimum atomic E-state index is -1.10. The van der Waals surface area contributed by atoms with Crippen LogP contribution in [0, 0.1) is 20.8 Å². The molecule has 0 aliphatic carbocycles. The van der Waals surface area contributed by atoms with Gasteiger partial charge in [-0.2, -0.15) is 0 Å². The topological polar surface area (TPSA) is 455 Å². The van der Waals surface area contributed by atoms with Crippen molar-refractivity contribution in [2.45, 2.75) is 214 Å². The number of Topliss-reactive ketones (excluding diaryl/α,β-unsaturated/α-hetero) is 1. The van der Waals surface area contributed by atoms with Gasteiger partial charge < -0.3 is 55.4 Å². The standard InChI is InChI=1S/C49H58ClN11O8S.C28H33ClN6O3S.C24H31N3O6.2CH4/c1-30-40-42(31-13-15-32(50)16-14-31)55-34(27-38(63)51-21-10-22-59-25-23-58(2)24-26-59)44-57-54-29-60(44)49(40)70-43(30)46(66)53-20-8-6-4-3-5-7-19-52-39(64)28-69-36-12-9-11-33-41(36)48(68)61(47(33)67)35-17-18-37(62)56-45(35)65;1-17-23-24(19-7-9-20(29)10-8-19)30-22(16-21(36)6-4-5-11-34-14-12-33(3)13-15-34)26-32-31-18(2)35(26)27(23)39-25(17)28(37)38;1-2-3-4-5-6-7-8-14-25-20(29)15-33-18-11-9-10-16-21(18)24(32)27(23(16)31)17-12-13-19(28)26-22(17)30;;/h9,11-16,29,34-35H,3-8,10,17-28H2,1-2H3,(H,51,63)(H,52,64)(H,53,66)(H,56,62,65);7-10,22H,4-6,11-16H2,1-3H3,(H,37,38);9-11,17H,2-8,12-15H2,1H3,(H,25,29)(H,26,28,30);2*1H4/t34-,35?;22-;;;/m01.../s1. The third kappa shape index (κ3) is 27.4. The lowest BCUT2D eigenvalue weighted by molar-refractivity contribution is -0.137. The Morgan fingerprint density at radius 3 is 1.42 bits per heavy atom. The van der Waals surface area contributed by atoms with E-state index in [-0.39, 0.29) is 135 Å². The van der Waals surface area contributed by atoms with Gasteiger partial charge in [-0.1, -0.05) is 146 Å². The predicted octanol–water partition coefficient (Wildman–Crippen LogP) is 12.2. The molecule has 7 N–H and O–H groups in total. The summed E-state index contributed by atoms with van der Waals surface area (Å²) >= 11 is 15.0. The van der Waals surface area contributed by atoms with E-state index in [9.17, 15) is 72.2 Å². The Hall–Kier alpha value is -12.5. The molecule has 2 unspecified atom stereocenters. The van der Waals surface area contributed by atoms with E-state index in [0.717, 1.165) is 185 Å². The fourth-order valence-corrected chi connectivity index (χ4v) is 21.2. The van der Waals surface area contributed by atoms with Crippen molar-refractivity contribution in [2.24, 2.45) is 9.98 Å². The van der Waals surface area contributed by atoms with E-state index >= 15 is 0 Å². The number of hydrogen-bond donors (Lipinski definition) is 7. The molecule has 12 heterocycles. The summed E-state index contributed by atoms with van der Waals surface area (Å²) in [5, 5.41) is 46.0. The quantitative estimate of drug-likeness (QED) is 0.0138. The van der Waals surface area contributed by atoms with Gasteiger partial charge in [0.2, 0.25) is 29.5 Å². The number of nitrogens with zero attached hydrogens (tertiary/aromatic N) is 14. The average Bonchev–Trinajstić information content (AvgIpc) is 1.62. The summed E-state index contributed by atoms with van der Waals surface area (Å²) < 4.78 is 15.0. The first-order valence-electron chi connectivity index (χ1n) is 48.9. The van der Waals surface area contributed by atoms with Gasteiger partial charge in [-0.05, 0) is 159 Å². The highest BCUT2D eigenvalue weighted by molar-refractivity contribution is 7.17. The Labute approximate surface area is 856 Å². The van der Waals surface area contributed by atoms with Crippen molar-refractivity contribution in [2.75, 3.05) is 119 Å². The molecule has 4 aromatic carbocycles. The highest BCUT2D eigenvalue weighted by Crippen LogP contribution is 2.44. The van der Waals surface area contributed by atoms with E-state index in [0.29, 0.717) is 87.0 Å². The van der Waals surface area contributed by atoms with Gasteiger partial charge in [0.15, 0.2) is 24.9 Å². The SMILES string of the molecule is C.C.CCCCCCCCCNC(=O)COc1cccc2c1C(=O)N(C1CCC(=O)NC1=O)C2=O.Cc1c(C(=O)NCCCCCCCCNC(=O)COc2cccc3c2C(=O)N(C2CCC(=O)NC2=O)C3=O)sc2c1C(c1ccc(Cl)cc1)=N[C@@H](CC(=O)NCCCN1CCN(C)CC1)c1nncn1-2.Cc1c(C(=O)O)sc2c1C(c1ccc(Cl)cc1)=N[C@H](CC(=O)CCCCN1CCN(C)CC1)c1nnc(C)n1-2. The molecule has 144 heavy (non-hydrogen) atoms. The molecule has 4 aromatic heterocycles. The average molecular weight is 2060 g/mol. The molecule has 37 nitrogen and oxygen atoms in total. The van der Waals surface area contributed by atoms with Crippen molar-refractivity contribution in [3.05, 3.63) is 184 Å². The number of carbonyl (C=O) groups is 14. The number of unbranched alkanes of at least 4 members (excludes halogenated alkanes) is 12. The van der Waals surface area contributed by atoms with Crippen molar-refractivity contribution in [3.8, 4) is 21.5 Å². The molecular formula is C103H130Cl2N20O17S2. The summed E-state index contributed by atoms with van der Waals surface area (Å²) in [7, 11) is 4.29. The number of fused-ring (bicyclic) bond motifs is 8. The number of piperazine rings is 2. The molecule has 0 radical (unpaired) electrons. The number of carbonyl (C=O) groups excluding carboxylic acids is 13. The Bertz CT molecular complexity index is 6080. The van der Waals surface area contributed by atoms with Crippen molar-refractivity contribution in [1.29, 1.82) is 0 Å². The number of halogens is 2. The van der Waals surface area contributed by atoms with Crippen LogP contribution in [0.2, 0.25) is 10.0 Å². The second kappa shape index (κ2) is 52.3. The van der Waals surface area contributed by atoms with Gasteiger partial charge in [0.05, 0.1) is 45.0 Å². The molecule has 4 atom stereocenters. The fourth-order valence-electron chi connectivity index (χ4n) is 18.5. The number of benzene rings is 4. The van der Waals surface area contributed by atoms with Crippen LogP contribution in [-0.4, -0.2) is 289 Å². The molecule has 8 aliphatic heterocycles. The van der Waals surface area contributed by atoms with Gasteiger partial charge in [-0.25, -0.2) is 4.79 Å². The maximum atomic E-state index is 13.8. The van der Waals surface area contributed by atoms with Crippen LogP contribution < -0.4 is 41.4 Å². The maximum absolute atomic E-state index is 13.8. The molecule has 4 fully saturated rings. The van der Waals surface area contributed by atoms with E-state index < -0.39 is 77.4 Å². The lowest BCUT2D eigenvalue weighted by Gasteiger charge is -2.32. The summed E-state index contributed by atoms with van der Waals surface area (Å²) in [5.41, 5.74) is 6.02. The summed E-state index contributed by atoms with van der Waals surface area (Å²) in [6.07, 6.45) is 18.5. The van der Waals surface area contributed by atoms with Crippen LogP contribution in [-0.2, 0) is 38.4 Å². The third-order valence-corrected chi connectivity index (χ3v) is 29.5. The minimum Gasteiger partial charge on any atom is -0.483 e. The van der Waals surface area contributed by atoms with Gasteiger partial charge in [0, 0.05) is 137 Å². The number of rotatable bonds is 42. The summed E-state index contributed by atoms with van der Waals surface area (Å²) in [5.74, 6) is -4.86. The van der Waals surface area contributed by atoms with Gasteiger partial charge in [0.25, 0.3) is 41.4 Å². The Balaban J connectivity index is 0.000000210. The molecule has 8 aromatic rings. The molecule has 0 spiro atoms. The van der Waals surface area contributed by atoms with Gasteiger partial charge in [-0.15, -0.1) is 43.1 Å². The summed E-state index contributed by atoms with van der Waals surface area (Å²) in [6, 6.07) is 20.5. The molecule has 4 saturated heterocycles. The van der Waals surface area contributed by atoms with Crippen LogP contribution in [0.1, 0.15) is 293 Å². The smallest absolute Gasteiger partial charge is 0.346 e. The zero-order chi connectivity index (χ0) is 101. The van der Waals surface area contributed by atoms with Gasteiger partial charge in [0.1, 0.15) is 68.5 Å². The summed E-state index contributed by atoms with van der Waals surface area (Å²) in [6.45, 7) is 19.6. The molecule has 0 saturated carbocycles. The monoisotopic (exact) mass is 2050 g/mol. The second-order valence-corrected chi connectivity index (χ2v) is 39.6. The Kier molecular flexibility index (Phi) is 40.1. The van der Waals surface area contributed by atoms with Crippen LogP contribution in [0.25, 0.3) is 10.0 Å². The molecule has 0 bridgehead atoms. The number of aromatic carboxylic acids is 1. The van der Waals surface area contributed by atoms with Crippen LogP contribution in [0.4, 0.5) is 0 Å². The lowest BCUT2D eigenvalue weighted by atomic mass is 9.99. The number of thiophene rings is 2. The molecule has 770 valence electrons. The minimum absolute atomic E-state index is 0. The number of amides is 12. The van der Waals surface area contributed by atoms with Crippen LogP contribution in [0.3, 0.4) is 0 Å². The van der Waals surface area contributed by atoms with Crippen LogP contribution >= 0.6 is 45.9 Å². The van der Waals surface area contributed by atoms with Crippen molar-refractivity contribution >= 4 is 140 Å². The van der Waals surface area contributed by atoms with Crippen LogP contribution in [0.5, 0.6) is 11.5 Å². The Morgan fingerprint density at radius 2 is 0.924 bits per heavy atom. The number of ether oxygens (including phenoxy) is 2. The number of aryl methyl sites for hydroxylation is 1. The largest absolute Gasteiger partial charge is 0.483 e. The highest BCUT2D eigenvalue weighted by atomic mass is 35.5. The summed E-state index contributed by atoms with van der Waals surface area (Å²) in [4.78, 5) is 199. The van der Waals surface area contributed by atoms with Gasteiger partial charge >= 0.3 is 5.97 Å². The van der Waals surface area contributed by atoms with E-state index in [1.165, 1.54) is 78.7 Å². The van der Waals surface area contributed by atoms with Gasteiger partial charge in [-0.3, -0.25) is 102 Å². The first kappa shape index (κ1) is 110. The fraction of sp³-hybridized carbons (Fsp3) is 0.495. The lowest BCUT2D eigenvalue weighted by Crippen LogP contribution is -2.54. The first-order valence-corrected chi connectivity index (χ1v) is 51.3. The predicted molar refractivity (Wildman–Crippen MR) is 548 cm³/mol. The third-order valence-electron chi connectivity index (χ3n) is 26.4. The number of likely N-dealkylation sites (N-methyl/N-ethyl adjacent to an activating group) is 2. The molecule has 16 rings (SSSR count). The van der Waals surface area contributed by atoms with E-state index in [1.54, 1.807) is 43.6 Å². The van der Waals surface area contributed by atoms with Crippen LogP contribution in [0.15, 0.2) is 101 Å². The number of aromatic nitrogens is 6. The zero-order valence-corrected chi connectivity index (χ0v) is 84.0. The highest BCUT2D eigenvalue weighted by Gasteiger charge is 2.49. The number of ketones is 1. The zero-order valence-electron chi connectivity index (χ0n) is 80.9. The van der Waals surface area contributed by atoms with Crippen molar-refractivity contribution in [3.63, 3.8) is 0 Å². The molecule has 12 amide bonds. The van der Waals surface area contributed by atoms with E-state index in [2.05, 4.69) is 92.9 Å². The normalized spacial score (nSPS) is 17.7. The van der Waals surface area contributed by atoms with Crippen molar-refractivity contribution < 1.29 is 81.7 Å². The Morgan fingerprint density at radius 1 is 0.479 bits per heavy atom. The number of hydrogen-bond acceptors (Lipinski definition) is 28. The number of carboxylic acids is 1. The number of nitrogens with one attached hydrogen (secondary N) is 6. The molecule has 8 aliphatic rings. The number of carboxylic acid groups (broad SMARTS) is 1. The second-order valence-electron chi connectivity index (χ2n) is 36.7.